The van der Waals surface area contributed by atoms with Gasteiger partial charge in [0.05, 0.1) is 5.71 Å². The summed E-state index contributed by atoms with van der Waals surface area (Å²) in [5, 5.41) is 6.49. The Morgan fingerprint density at radius 1 is 1.24 bits per heavy atom. The van der Waals surface area contributed by atoms with E-state index in [1.807, 2.05) is 0 Å². The third kappa shape index (κ3) is 3.21. The Hall–Kier alpha value is -2.04. The van der Waals surface area contributed by atoms with Crippen LogP contribution in [0.3, 0.4) is 0 Å². The number of nitrogens with zero attached hydrogens (tertiary/aromatic N) is 2. The van der Waals surface area contributed by atoms with E-state index < -0.39 is 6.04 Å². The standard InChI is InChI=1S/C12H14N2O3/c1-8(14-17-3)10-4-6-11(7-5-10)12(15)9(2)13-16/h4-7,9H,1-3H3. The van der Waals surface area contributed by atoms with Crippen LogP contribution in [0.4, 0.5) is 0 Å². The highest BCUT2D eigenvalue weighted by Crippen LogP contribution is 2.09. The molecule has 1 atom stereocenters. The number of Topliss-reactive ketones (excluding diaryl/α,β-unsaturated/α-hetero) is 1. The fraction of sp³-hybridized carbons (Fsp3) is 0.333. The van der Waals surface area contributed by atoms with E-state index in [1.165, 1.54) is 14.0 Å². The number of carbonyl (C=O) groups excluding carboxylic acids is 1. The van der Waals surface area contributed by atoms with Crippen LogP contribution in [0.15, 0.2) is 34.6 Å². The van der Waals surface area contributed by atoms with E-state index in [0.717, 1.165) is 5.56 Å². The van der Waals surface area contributed by atoms with Gasteiger partial charge in [-0.05, 0) is 19.4 Å². The number of rotatable bonds is 5. The molecule has 0 radical (unpaired) electrons. The zero-order chi connectivity index (χ0) is 12.8. The van der Waals surface area contributed by atoms with Crippen molar-refractivity contribution < 1.29 is 9.63 Å². The van der Waals surface area contributed by atoms with Crippen molar-refractivity contribution in [2.45, 2.75) is 19.9 Å². The van der Waals surface area contributed by atoms with E-state index in [9.17, 15) is 9.70 Å². The third-order valence-electron chi connectivity index (χ3n) is 2.35. The van der Waals surface area contributed by atoms with E-state index in [-0.39, 0.29) is 5.78 Å². The van der Waals surface area contributed by atoms with Gasteiger partial charge >= 0.3 is 0 Å². The van der Waals surface area contributed by atoms with Gasteiger partial charge in [0.2, 0.25) is 0 Å². The lowest BCUT2D eigenvalue weighted by Gasteiger charge is -2.04. The maximum Gasteiger partial charge on any atom is 0.190 e. The van der Waals surface area contributed by atoms with E-state index in [2.05, 4.69) is 15.2 Å². The molecular formula is C12H14N2O3. The zero-order valence-corrected chi connectivity index (χ0v) is 10.0. The van der Waals surface area contributed by atoms with Crippen LogP contribution in [0.2, 0.25) is 0 Å². The molecule has 0 aromatic heterocycles. The van der Waals surface area contributed by atoms with E-state index in [4.69, 9.17) is 0 Å². The minimum atomic E-state index is -0.852. The van der Waals surface area contributed by atoms with Crippen LogP contribution < -0.4 is 0 Å². The summed E-state index contributed by atoms with van der Waals surface area (Å²) in [6, 6.07) is 5.95. The highest BCUT2D eigenvalue weighted by molar-refractivity contribution is 6.02. The monoisotopic (exact) mass is 234 g/mol. The minimum Gasteiger partial charge on any atom is -0.399 e. The van der Waals surface area contributed by atoms with Gasteiger partial charge in [-0.1, -0.05) is 34.6 Å². The molecule has 1 aromatic rings. The average Bonchev–Trinajstić information content (AvgIpc) is 2.37. The molecule has 0 aliphatic carbocycles. The van der Waals surface area contributed by atoms with Crippen LogP contribution in [0.25, 0.3) is 0 Å². The molecule has 0 bridgehead atoms. The summed E-state index contributed by atoms with van der Waals surface area (Å²) in [5.74, 6) is -0.284. The Balaban J connectivity index is 2.92. The van der Waals surface area contributed by atoms with Gasteiger partial charge in [-0.3, -0.25) is 4.79 Å². The first-order valence-electron chi connectivity index (χ1n) is 5.15. The molecule has 0 spiro atoms. The molecule has 0 amide bonds. The second kappa shape index (κ2) is 5.89. The summed E-state index contributed by atoms with van der Waals surface area (Å²) in [4.78, 5) is 26.6. The van der Waals surface area contributed by atoms with Crippen molar-refractivity contribution in [2.75, 3.05) is 7.11 Å². The van der Waals surface area contributed by atoms with Crippen LogP contribution in [0.1, 0.15) is 29.8 Å². The Kier molecular flexibility index (Phi) is 4.51. The Morgan fingerprint density at radius 3 is 2.24 bits per heavy atom. The molecule has 1 rings (SSSR count). The molecule has 1 aromatic carbocycles. The van der Waals surface area contributed by atoms with E-state index in [0.29, 0.717) is 11.3 Å². The summed E-state index contributed by atoms with van der Waals surface area (Å²) < 4.78 is 0. The topological polar surface area (TPSA) is 68.1 Å². The molecule has 0 heterocycles. The Bertz CT molecular complexity index is 438. The maximum absolute atomic E-state index is 11.6. The van der Waals surface area contributed by atoms with Gasteiger partial charge in [-0.25, -0.2) is 0 Å². The number of carbonyl (C=O) groups is 1. The fourth-order valence-electron chi connectivity index (χ4n) is 1.35. The average molecular weight is 234 g/mol. The Morgan fingerprint density at radius 2 is 1.76 bits per heavy atom. The molecule has 1 unspecified atom stereocenters. The minimum absolute atomic E-state index is 0.284. The predicted molar refractivity (Wildman–Crippen MR) is 65.2 cm³/mol. The van der Waals surface area contributed by atoms with Gasteiger partial charge in [-0.15, -0.1) is 0 Å². The molecule has 5 heteroatoms. The number of nitroso groups, excluding NO2 is 1. The van der Waals surface area contributed by atoms with E-state index >= 15 is 0 Å². The number of benzene rings is 1. The first-order chi connectivity index (χ1) is 8.10. The maximum atomic E-state index is 11.6. The second-order valence-corrected chi connectivity index (χ2v) is 3.58. The molecule has 5 nitrogen and oxygen atoms in total. The van der Waals surface area contributed by atoms with Crippen LogP contribution in [-0.4, -0.2) is 24.6 Å². The van der Waals surface area contributed by atoms with Crippen LogP contribution in [0, 0.1) is 4.91 Å². The molecule has 0 aliphatic heterocycles. The number of hydrogen-bond acceptors (Lipinski definition) is 5. The molecule has 0 saturated carbocycles. The first-order valence-corrected chi connectivity index (χ1v) is 5.15. The molecule has 0 fully saturated rings. The zero-order valence-electron chi connectivity index (χ0n) is 10.0. The smallest absolute Gasteiger partial charge is 0.190 e. The van der Waals surface area contributed by atoms with Crippen molar-refractivity contribution in [1.29, 1.82) is 0 Å². The van der Waals surface area contributed by atoms with Crippen LogP contribution >= 0.6 is 0 Å². The molecule has 90 valence electrons. The van der Waals surface area contributed by atoms with Crippen molar-refractivity contribution in [1.82, 2.24) is 0 Å². The quantitative estimate of drug-likeness (QED) is 0.340. The molecule has 0 aliphatic rings. The number of oxime groups is 1. The van der Waals surface area contributed by atoms with Crippen LogP contribution in [-0.2, 0) is 4.84 Å². The first kappa shape index (κ1) is 13.0. The van der Waals surface area contributed by atoms with Gasteiger partial charge in [0, 0.05) is 5.56 Å². The molecular weight excluding hydrogens is 220 g/mol. The summed E-state index contributed by atoms with van der Waals surface area (Å²) in [6.45, 7) is 3.27. The fourth-order valence-corrected chi connectivity index (χ4v) is 1.35. The van der Waals surface area contributed by atoms with Gasteiger partial charge in [0.15, 0.2) is 11.8 Å². The predicted octanol–water partition coefficient (Wildman–Crippen LogP) is 2.39. The number of ketones is 1. The van der Waals surface area contributed by atoms with Gasteiger partial charge in [-0.2, -0.15) is 4.91 Å². The summed E-state index contributed by atoms with van der Waals surface area (Å²) in [7, 11) is 1.47. The SMILES string of the molecule is CON=C(C)c1ccc(C(=O)C(C)N=O)cc1. The largest absolute Gasteiger partial charge is 0.399 e. The third-order valence-corrected chi connectivity index (χ3v) is 2.35. The number of hydrogen-bond donors (Lipinski definition) is 0. The summed E-state index contributed by atoms with van der Waals surface area (Å²) in [6.07, 6.45) is 0. The van der Waals surface area contributed by atoms with Crippen molar-refractivity contribution in [3.8, 4) is 0 Å². The summed E-state index contributed by atoms with van der Waals surface area (Å²) >= 11 is 0. The van der Waals surface area contributed by atoms with E-state index in [1.54, 1.807) is 31.2 Å². The molecule has 17 heavy (non-hydrogen) atoms. The highest BCUT2D eigenvalue weighted by atomic mass is 16.6. The van der Waals surface area contributed by atoms with Gasteiger partial charge < -0.3 is 4.84 Å². The van der Waals surface area contributed by atoms with Crippen molar-refractivity contribution in [3.63, 3.8) is 0 Å². The van der Waals surface area contributed by atoms with Gasteiger partial charge in [0.1, 0.15) is 7.11 Å². The highest BCUT2D eigenvalue weighted by Gasteiger charge is 2.15. The summed E-state index contributed by atoms with van der Waals surface area (Å²) in [5.41, 5.74) is 2.04. The second-order valence-electron chi connectivity index (χ2n) is 3.58. The van der Waals surface area contributed by atoms with Crippen molar-refractivity contribution in [3.05, 3.63) is 40.3 Å². The lowest BCUT2D eigenvalue weighted by molar-refractivity contribution is 0.0968. The lowest BCUT2D eigenvalue weighted by atomic mass is 10.0. The van der Waals surface area contributed by atoms with Gasteiger partial charge in [0.25, 0.3) is 0 Å². The van der Waals surface area contributed by atoms with Crippen molar-refractivity contribution >= 4 is 11.5 Å². The lowest BCUT2D eigenvalue weighted by Crippen LogP contribution is -2.14. The van der Waals surface area contributed by atoms with Crippen LogP contribution in [0.5, 0.6) is 0 Å². The molecule has 0 saturated heterocycles. The molecule has 0 N–H and O–H groups in total. The van der Waals surface area contributed by atoms with Crippen molar-refractivity contribution in [2.24, 2.45) is 10.3 Å². The Labute approximate surface area is 99.4 Å². The normalized spacial score (nSPS) is 13.0.